The van der Waals surface area contributed by atoms with Crippen molar-refractivity contribution in [3.05, 3.63) is 22.4 Å². The summed E-state index contributed by atoms with van der Waals surface area (Å²) in [6.07, 6.45) is 7.83. The Kier molecular flexibility index (Phi) is 1.81. The molecule has 0 nitrogen and oxygen atoms in total. The minimum absolute atomic E-state index is 0.550. The molecule has 0 saturated carbocycles. The van der Waals surface area contributed by atoms with Gasteiger partial charge in [0.1, 0.15) is 0 Å². The maximum absolute atomic E-state index is 2.28. The minimum atomic E-state index is 0.550. The molecule has 1 aliphatic rings. The summed E-state index contributed by atoms with van der Waals surface area (Å²) in [7, 11) is 0. The number of rotatable bonds is 1. The standard InChI is InChI=1S/C5H5.CH3.Ru/c1-2-4-5-3-1;;/h1-3H,4H2;1H3;. The van der Waals surface area contributed by atoms with Crippen molar-refractivity contribution in [1.29, 1.82) is 0 Å². The van der Waals surface area contributed by atoms with Crippen molar-refractivity contribution in [2.75, 3.05) is 0 Å². The first-order valence-corrected chi connectivity index (χ1v) is 4.85. The van der Waals surface area contributed by atoms with Crippen molar-refractivity contribution in [2.45, 2.75) is 11.9 Å². The van der Waals surface area contributed by atoms with Gasteiger partial charge in [-0.3, -0.25) is 0 Å². The zero-order chi connectivity index (χ0) is 5.11. The second-order valence-electron chi connectivity index (χ2n) is 1.41. The molecule has 0 amide bonds. The molecule has 0 aromatic heterocycles. The van der Waals surface area contributed by atoms with Gasteiger partial charge in [0.2, 0.25) is 0 Å². The zero-order valence-electron chi connectivity index (χ0n) is 4.29. The normalized spacial score (nSPS) is 18.1. The van der Waals surface area contributed by atoms with Crippen LogP contribution in [0, 0.1) is 0 Å². The quantitative estimate of drug-likeness (QED) is 0.542. The molecule has 0 unspecified atom stereocenters. The van der Waals surface area contributed by atoms with E-state index in [1.807, 2.05) is 0 Å². The molecule has 0 aromatic carbocycles. The summed E-state index contributed by atoms with van der Waals surface area (Å²) in [5.74, 6) is 0. The summed E-state index contributed by atoms with van der Waals surface area (Å²) in [5, 5.41) is 0. The van der Waals surface area contributed by atoms with Gasteiger partial charge in [0.15, 0.2) is 0 Å². The monoisotopic (exact) mass is 182 g/mol. The van der Waals surface area contributed by atoms with Crippen molar-refractivity contribution in [3.63, 3.8) is 0 Å². The topological polar surface area (TPSA) is 0 Å². The SMILES string of the molecule is [CH3][Ru][C]1=CC=CC1. The van der Waals surface area contributed by atoms with Crippen molar-refractivity contribution in [2.24, 2.45) is 0 Å². The van der Waals surface area contributed by atoms with Gasteiger partial charge in [-0.1, -0.05) is 0 Å². The Labute approximate surface area is 51.9 Å². The van der Waals surface area contributed by atoms with Crippen LogP contribution in [-0.4, -0.2) is 0 Å². The van der Waals surface area contributed by atoms with Crippen LogP contribution in [0.5, 0.6) is 0 Å². The molecule has 40 valence electrons. The Hall–Kier alpha value is 0.103. The van der Waals surface area contributed by atoms with Crippen LogP contribution in [0.4, 0.5) is 0 Å². The molecule has 0 heterocycles. The molecule has 1 heteroatoms. The van der Waals surface area contributed by atoms with E-state index in [1.165, 1.54) is 6.42 Å². The van der Waals surface area contributed by atoms with E-state index in [0.29, 0.717) is 17.1 Å². The second-order valence-corrected chi connectivity index (χ2v) is 3.39. The van der Waals surface area contributed by atoms with Gasteiger partial charge in [-0.15, -0.1) is 0 Å². The molecule has 0 aromatic rings. The van der Waals surface area contributed by atoms with Gasteiger partial charge in [-0.2, -0.15) is 0 Å². The van der Waals surface area contributed by atoms with Gasteiger partial charge in [0.05, 0.1) is 0 Å². The van der Waals surface area contributed by atoms with Gasteiger partial charge in [-0.25, -0.2) is 0 Å². The number of hydrogen-bond acceptors (Lipinski definition) is 0. The molecule has 0 spiro atoms. The van der Waals surface area contributed by atoms with Gasteiger partial charge in [0, 0.05) is 0 Å². The van der Waals surface area contributed by atoms with Gasteiger partial charge < -0.3 is 0 Å². The van der Waals surface area contributed by atoms with E-state index in [0.717, 1.165) is 0 Å². The van der Waals surface area contributed by atoms with Crippen molar-refractivity contribution in [1.82, 2.24) is 0 Å². The zero-order valence-corrected chi connectivity index (χ0v) is 6.03. The summed E-state index contributed by atoms with van der Waals surface area (Å²) >= 11 is 0.550. The Morgan fingerprint density at radius 1 is 1.71 bits per heavy atom. The Balaban J connectivity index is 2.45. The fourth-order valence-corrected chi connectivity index (χ4v) is 1.56. The Bertz CT molecular complexity index is 111. The van der Waals surface area contributed by atoms with Crippen LogP contribution in [-0.2, 0) is 17.1 Å². The summed E-state index contributed by atoms with van der Waals surface area (Å²) in [6, 6.07) is 0. The van der Waals surface area contributed by atoms with Crippen molar-refractivity contribution < 1.29 is 17.1 Å². The van der Waals surface area contributed by atoms with Gasteiger partial charge in [-0.05, 0) is 0 Å². The summed E-state index contributed by atoms with van der Waals surface area (Å²) < 4.78 is 1.65. The molecule has 0 fully saturated rings. The molecule has 1 aliphatic carbocycles. The van der Waals surface area contributed by atoms with Crippen LogP contribution in [0.3, 0.4) is 0 Å². The van der Waals surface area contributed by atoms with Gasteiger partial charge >= 0.3 is 51.5 Å². The summed E-state index contributed by atoms with van der Waals surface area (Å²) in [5.41, 5.74) is 2.28. The van der Waals surface area contributed by atoms with Crippen molar-refractivity contribution >= 4 is 0 Å². The molecular weight excluding hydrogens is 173 g/mol. The van der Waals surface area contributed by atoms with E-state index in [2.05, 4.69) is 23.7 Å². The van der Waals surface area contributed by atoms with Gasteiger partial charge in [0.25, 0.3) is 0 Å². The molecule has 7 heavy (non-hydrogen) atoms. The molecular formula is C6H8Ru. The third kappa shape index (κ3) is 1.24. The van der Waals surface area contributed by atoms with Crippen LogP contribution in [0.1, 0.15) is 6.42 Å². The number of hydrogen-bond donors (Lipinski definition) is 0. The van der Waals surface area contributed by atoms with Crippen LogP contribution in [0.2, 0.25) is 5.52 Å². The van der Waals surface area contributed by atoms with E-state index < -0.39 is 0 Å². The van der Waals surface area contributed by atoms with Crippen LogP contribution in [0.15, 0.2) is 22.4 Å². The molecule has 0 aliphatic heterocycles. The van der Waals surface area contributed by atoms with E-state index in [9.17, 15) is 0 Å². The predicted octanol–water partition coefficient (Wildman–Crippen LogP) is 1.96. The molecule has 1 rings (SSSR count). The van der Waals surface area contributed by atoms with E-state index >= 15 is 0 Å². The maximum atomic E-state index is 2.28. The van der Waals surface area contributed by atoms with Crippen LogP contribution < -0.4 is 0 Å². The summed E-state index contributed by atoms with van der Waals surface area (Å²) in [6.45, 7) is 0. The fourth-order valence-electron chi connectivity index (χ4n) is 0.547. The Morgan fingerprint density at radius 2 is 2.57 bits per heavy atom. The molecule has 0 atom stereocenters. The van der Waals surface area contributed by atoms with Crippen LogP contribution in [0.25, 0.3) is 0 Å². The first kappa shape index (κ1) is 5.24. The average molecular weight is 181 g/mol. The molecule has 0 N–H and O–H groups in total. The first-order chi connectivity index (χ1) is 3.43. The predicted molar refractivity (Wildman–Crippen MR) is 27.7 cm³/mol. The van der Waals surface area contributed by atoms with Crippen molar-refractivity contribution in [3.8, 4) is 0 Å². The third-order valence-electron chi connectivity index (χ3n) is 0.944. The second kappa shape index (κ2) is 2.42. The summed E-state index contributed by atoms with van der Waals surface area (Å²) in [4.78, 5) is 0. The van der Waals surface area contributed by atoms with Crippen LogP contribution >= 0.6 is 0 Å². The van der Waals surface area contributed by atoms with E-state index in [1.54, 1.807) is 4.17 Å². The Morgan fingerprint density at radius 3 is 2.86 bits per heavy atom. The number of allylic oxidation sites excluding steroid dienone is 4. The van der Waals surface area contributed by atoms with E-state index in [4.69, 9.17) is 0 Å². The molecule has 0 bridgehead atoms. The first-order valence-electron chi connectivity index (χ1n) is 2.25. The average Bonchev–Trinajstić information content (AvgIpc) is 2.14. The molecule has 0 radical (unpaired) electrons. The molecule has 0 saturated heterocycles. The van der Waals surface area contributed by atoms with E-state index in [-0.39, 0.29) is 0 Å². The third-order valence-corrected chi connectivity index (χ3v) is 2.70. The fraction of sp³-hybridized carbons (Fsp3) is 0.333.